The van der Waals surface area contributed by atoms with Gasteiger partial charge >= 0.3 is 5.97 Å². The Morgan fingerprint density at radius 2 is 1.62 bits per heavy atom. The van der Waals surface area contributed by atoms with Crippen LogP contribution in [0.1, 0.15) is 38.8 Å². The van der Waals surface area contributed by atoms with Crippen molar-refractivity contribution in [2.24, 2.45) is 17.4 Å². The molecule has 14 nitrogen and oxygen atoms in total. The van der Waals surface area contributed by atoms with Gasteiger partial charge in [-0.05, 0) is 18.8 Å². The van der Waals surface area contributed by atoms with E-state index < -0.39 is 60.4 Å². The van der Waals surface area contributed by atoms with Gasteiger partial charge in [-0.2, -0.15) is 0 Å². The number of nitrogens with one attached hydrogen (secondary N) is 4. The number of amides is 4. The van der Waals surface area contributed by atoms with E-state index in [9.17, 15) is 29.1 Å². The lowest BCUT2D eigenvalue weighted by molar-refractivity contribution is -0.143. The second-order valence-electron chi connectivity index (χ2n) is 8.23. The van der Waals surface area contributed by atoms with Crippen molar-refractivity contribution >= 4 is 29.6 Å². The number of aromatic nitrogens is 2. The van der Waals surface area contributed by atoms with Crippen LogP contribution in [0.2, 0.25) is 0 Å². The highest BCUT2D eigenvalue weighted by molar-refractivity contribution is 5.94. The van der Waals surface area contributed by atoms with Crippen molar-refractivity contribution in [1.82, 2.24) is 25.9 Å². The molecule has 34 heavy (non-hydrogen) atoms. The number of nitrogens with zero attached hydrogens (tertiary/aromatic N) is 1. The van der Waals surface area contributed by atoms with Gasteiger partial charge in [-0.25, -0.2) is 9.78 Å². The molecule has 0 fully saturated rings. The maximum absolute atomic E-state index is 13.0. The molecule has 0 saturated carbocycles. The average Bonchev–Trinajstić information content (AvgIpc) is 3.27. The van der Waals surface area contributed by atoms with Crippen LogP contribution >= 0.6 is 0 Å². The fraction of sp³-hybridized carbons (Fsp3) is 0.600. The number of carboxylic acid groups (broad SMARTS) is 1. The summed E-state index contributed by atoms with van der Waals surface area (Å²) in [7, 11) is 0. The minimum absolute atomic E-state index is 0.0372. The molecule has 0 aliphatic rings. The number of rotatable bonds is 15. The van der Waals surface area contributed by atoms with Gasteiger partial charge < -0.3 is 42.6 Å². The van der Waals surface area contributed by atoms with Crippen LogP contribution in [-0.4, -0.2) is 80.6 Å². The van der Waals surface area contributed by atoms with Gasteiger partial charge in [0.05, 0.1) is 12.9 Å². The molecule has 10 N–H and O–H groups in total. The summed E-state index contributed by atoms with van der Waals surface area (Å²) < 4.78 is 0. The number of carboxylic acids is 1. The Kier molecular flexibility index (Phi) is 11.7. The van der Waals surface area contributed by atoms with Crippen molar-refractivity contribution < 1.29 is 34.2 Å². The topological polar surface area (TPSA) is 243 Å². The lowest BCUT2D eigenvalue weighted by atomic mass is 10.0. The first-order valence-corrected chi connectivity index (χ1v) is 10.7. The van der Waals surface area contributed by atoms with Crippen molar-refractivity contribution in [3.05, 3.63) is 18.2 Å². The summed E-state index contributed by atoms with van der Waals surface area (Å²) in [6.07, 6.45) is 2.45. The predicted octanol–water partition coefficient (Wildman–Crippen LogP) is -2.88. The fourth-order valence-electron chi connectivity index (χ4n) is 2.98. The van der Waals surface area contributed by atoms with Crippen LogP contribution in [0.4, 0.5) is 0 Å². The Balaban J connectivity index is 3.06. The smallest absolute Gasteiger partial charge is 0.326 e. The zero-order chi connectivity index (χ0) is 25.8. The van der Waals surface area contributed by atoms with E-state index in [-0.39, 0.29) is 31.6 Å². The SMILES string of the molecule is CC(C)CC(NC(=O)C(CCC(N)=O)NC(=O)C(Cc1cnc[nH]1)NC(=O)C(N)CO)C(=O)O. The van der Waals surface area contributed by atoms with E-state index in [1.54, 1.807) is 13.8 Å². The molecule has 4 atom stereocenters. The molecular weight excluding hydrogens is 450 g/mol. The molecule has 1 aromatic rings. The summed E-state index contributed by atoms with van der Waals surface area (Å²) in [5.74, 6) is -4.42. The predicted molar refractivity (Wildman–Crippen MR) is 119 cm³/mol. The van der Waals surface area contributed by atoms with Gasteiger partial charge in [0.2, 0.25) is 23.6 Å². The summed E-state index contributed by atoms with van der Waals surface area (Å²) in [6.45, 7) is 2.92. The van der Waals surface area contributed by atoms with Crippen LogP contribution < -0.4 is 27.4 Å². The van der Waals surface area contributed by atoms with E-state index in [0.717, 1.165) is 0 Å². The Labute approximate surface area is 196 Å². The van der Waals surface area contributed by atoms with Gasteiger partial charge in [0.1, 0.15) is 24.2 Å². The molecule has 1 rings (SSSR count). The molecule has 1 heterocycles. The Bertz CT molecular complexity index is 844. The van der Waals surface area contributed by atoms with Crippen LogP contribution in [0.5, 0.6) is 0 Å². The molecule has 0 spiro atoms. The summed E-state index contributed by atoms with van der Waals surface area (Å²) >= 11 is 0. The number of carbonyl (C=O) groups is 5. The normalized spacial score (nSPS) is 14.5. The molecular formula is C20H33N7O7. The molecule has 0 saturated heterocycles. The standard InChI is InChI=1S/C20H33N7O7/c1-10(2)5-15(20(33)34)27-18(31)13(3-4-16(22)29)25-19(32)14(6-11-7-23-9-24-11)26-17(30)12(21)8-28/h7,9-10,12-15,28H,3-6,8,21H2,1-2H3,(H2,22,29)(H,23,24)(H,25,32)(H,26,30)(H,27,31)(H,33,34). The van der Waals surface area contributed by atoms with Crippen LogP contribution in [-0.2, 0) is 30.4 Å². The van der Waals surface area contributed by atoms with Crippen molar-refractivity contribution in [1.29, 1.82) is 0 Å². The first-order chi connectivity index (χ1) is 15.9. The molecule has 0 aliphatic carbocycles. The largest absolute Gasteiger partial charge is 0.480 e. The number of aromatic amines is 1. The molecule has 0 aliphatic heterocycles. The van der Waals surface area contributed by atoms with Gasteiger partial charge in [-0.15, -0.1) is 0 Å². The number of H-pyrrole nitrogens is 1. The Hall–Kier alpha value is -3.52. The minimum Gasteiger partial charge on any atom is -0.480 e. The van der Waals surface area contributed by atoms with Crippen LogP contribution in [0.3, 0.4) is 0 Å². The number of aliphatic carboxylic acids is 1. The summed E-state index contributed by atoms with van der Waals surface area (Å²) in [6, 6.07) is -5.01. The first-order valence-electron chi connectivity index (χ1n) is 10.7. The number of primary amides is 1. The molecule has 190 valence electrons. The number of aliphatic hydroxyl groups is 1. The van der Waals surface area contributed by atoms with E-state index in [0.29, 0.717) is 5.69 Å². The molecule has 1 aromatic heterocycles. The number of hydrogen-bond donors (Lipinski definition) is 8. The van der Waals surface area contributed by atoms with E-state index in [4.69, 9.17) is 16.6 Å². The number of carbonyl (C=O) groups excluding carboxylic acids is 4. The molecule has 4 amide bonds. The van der Waals surface area contributed by atoms with Crippen LogP contribution in [0.15, 0.2) is 12.5 Å². The third-order valence-corrected chi connectivity index (χ3v) is 4.78. The molecule has 0 aromatic carbocycles. The number of hydrogen-bond acceptors (Lipinski definition) is 8. The quantitative estimate of drug-likeness (QED) is 0.127. The lowest BCUT2D eigenvalue weighted by Crippen LogP contribution is -2.58. The first kappa shape index (κ1) is 28.5. The average molecular weight is 484 g/mol. The highest BCUT2D eigenvalue weighted by Crippen LogP contribution is 2.08. The Morgan fingerprint density at radius 3 is 2.12 bits per heavy atom. The van der Waals surface area contributed by atoms with Gasteiger partial charge in [-0.1, -0.05) is 13.8 Å². The molecule has 0 radical (unpaired) electrons. The summed E-state index contributed by atoms with van der Waals surface area (Å²) in [4.78, 5) is 67.4. The molecule has 0 bridgehead atoms. The fourth-order valence-corrected chi connectivity index (χ4v) is 2.98. The second-order valence-corrected chi connectivity index (χ2v) is 8.23. The highest BCUT2D eigenvalue weighted by Gasteiger charge is 2.31. The lowest BCUT2D eigenvalue weighted by Gasteiger charge is -2.25. The zero-order valence-corrected chi connectivity index (χ0v) is 19.1. The third kappa shape index (κ3) is 9.95. The summed E-state index contributed by atoms with van der Waals surface area (Å²) in [5, 5.41) is 25.7. The third-order valence-electron chi connectivity index (χ3n) is 4.78. The van der Waals surface area contributed by atoms with Gasteiger partial charge in [-0.3, -0.25) is 19.2 Å². The van der Waals surface area contributed by atoms with E-state index in [1.807, 2.05) is 0 Å². The van der Waals surface area contributed by atoms with Gasteiger partial charge in [0.15, 0.2) is 0 Å². The number of imidazole rings is 1. The van der Waals surface area contributed by atoms with Crippen molar-refractivity contribution in [3.8, 4) is 0 Å². The maximum atomic E-state index is 13.0. The number of aliphatic hydroxyl groups excluding tert-OH is 1. The zero-order valence-electron chi connectivity index (χ0n) is 19.1. The Morgan fingerprint density at radius 1 is 1.03 bits per heavy atom. The second kappa shape index (κ2) is 13.9. The van der Waals surface area contributed by atoms with Gasteiger partial charge in [0.25, 0.3) is 0 Å². The maximum Gasteiger partial charge on any atom is 0.326 e. The number of nitrogens with two attached hydrogens (primary N) is 2. The molecule has 4 unspecified atom stereocenters. The van der Waals surface area contributed by atoms with Crippen molar-refractivity contribution in [2.75, 3.05) is 6.61 Å². The van der Waals surface area contributed by atoms with Gasteiger partial charge in [0, 0.05) is 24.7 Å². The molecule has 14 heteroatoms. The van der Waals surface area contributed by atoms with Crippen LogP contribution in [0, 0.1) is 5.92 Å². The van der Waals surface area contributed by atoms with Crippen molar-refractivity contribution in [2.45, 2.75) is 63.7 Å². The van der Waals surface area contributed by atoms with Crippen LogP contribution in [0.25, 0.3) is 0 Å². The highest BCUT2D eigenvalue weighted by atomic mass is 16.4. The summed E-state index contributed by atoms with van der Waals surface area (Å²) in [5.41, 5.74) is 11.2. The monoisotopic (exact) mass is 483 g/mol. The van der Waals surface area contributed by atoms with E-state index in [1.165, 1.54) is 12.5 Å². The van der Waals surface area contributed by atoms with E-state index >= 15 is 0 Å². The van der Waals surface area contributed by atoms with Crippen molar-refractivity contribution in [3.63, 3.8) is 0 Å². The van der Waals surface area contributed by atoms with E-state index in [2.05, 4.69) is 25.9 Å². The minimum atomic E-state index is -1.30.